The van der Waals surface area contributed by atoms with Gasteiger partial charge < -0.3 is 0 Å². The van der Waals surface area contributed by atoms with Crippen LogP contribution in [-0.2, 0) is 6.42 Å². The number of aryl methyl sites for hydroxylation is 2. The zero-order valence-electron chi connectivity index (χ0n) is 8.67. The van der Waals surface area contributed by atoms with E-state index < -0.39 is 0 Å². The van der Waals surface area contributed by atoms with Crippen molar-refractivity contribution in [3.63, 3.8) is 0 Å². The normalized spacial score (nSPS) is 10.8. The molecular formula is C13H14N. The lowest BCUT2D eigenvalue weighted by molar-refractivity contribution is 1.11. The second-order valence-corrected chi connectivity index (χ2v) is 3.57. The van der Waals surface area contributed by atoms with E-state index in [0.717, 1.165) is 17.6 Å². The van der Waals surface area contributed by atoms with Crippen LogP contribution < -0.4 is 0 Å². The Hall–Kier alpha value is -1.37. The Morgan fingerprint density at radius 2 is 1.93 bits per heavy atom. The minimum Gasteiger partial charge on any atom is -0.253 e. The molecule has 0 spiro atoms. The highest BCUT2D eigenvalue weighted by molar-refractivity contribution is 5.83. The minimum atomic E-state index is 0.815. The highest BCUT2D eigenvalue weighted by Crippen LogP contribution is 2.22. The third kappa shape index (κ3) is 1.29. The number of benzene rings is 1. The van der Waals surface area contributed by atoms with Crippen LogP contribution >= 0.6 is 0 Å². The van der Waals surface area contributed by atoms with E-state index in [9.17, 15) is 0 Å². The molecule has 0 bridgehead atoms. The molecule has 1 heterocycles. The van der Waals surface area contributed by atoms with Crippen molar-refractivity contribution in [1.82, 2.24) is 4.98 Å². The van der Waals surface area contributed by atoms with Crippen molar-refractivity contribution in [2.75, 3.05) is 0 Å². The van der Waals surface area contributed by atoms with Crippen LogP contribution in [0.1, 0.15) is 16.8 Å². The standard InChI is InChI=1S/C13H14N/c1-4-11-9(2)12-7-5-6-8-13(12)14-10(11)3/h5-8H,1,4H2,2-3H3. The average molecular weight is 184 g/mol. The first-order valence-corrected chi connectivity index (χ1v) is 4.88. The van der Waals surface area contributed by atoms with Gasteiger partial charge in [0.1, 0.15) is 0 Å². The summed E-state index contributed by atoms with van der Waals surface area (Å²) in [6.45, 7) is 8.15. The second kappa shape index (κ2) is 3.41. The average Bonchev–Trinajstić information content (AvgIpc) is 2.18. The number of hydrogen-bond donors (Lipinski definition) is 0. The van der Waals surface area contributed by atoms with Crippen LogP contribution in [-0.4, -0.2) is 4.98 Å². The molecule has 0 aliphatic rings. The zero-order chi connectivity index (χ0) is 10.1. The SMILES string of the molecule is [CH2]Cc1c(C)nc2ccccc2c1C. The van der Waals surface area contributed by atoms with Gasteiger partial charge in [-0.05, 0) is 44.4 Å². The molecule has 2 aromatic rings. The first kappa shape index (κ1) is 9.20. The van der Waals surface area contributed by atoms with Gasteiger partial charge in [0.15, 0.2) is 0 Å². The highest BCUT2D eigenvalue weighted by Gasteiger charge is 2.06. The lowest BCUT2D eigenvalue weighted by Gasteiger charge is -2.10. The van der Waals surface area contributed by atoms with E-state index >= 15 is 0 Å². The summed E-state index contributed by atoms with van der Waals surface area (Å²) < 4.78 is 0. The quantitative estimate of drug-likeness (QED) is 0.663. The van der Waals surface area contributed by atoms with Gasteiger partial charge >= 0.3 is 0 Å². The number of rotatable bonds is 1. The van der Waals surface area contributed by atoms with Gasteiger partial charge in [0.25, 0.3) is 0 Å². The number of fused-ring (bicyclic) bond motifs is 1. The molecule has 1 aromatic carbocycles. The summed E-state index contributed by atoms with van der Waals surface area (Å²) in [5.41, 5.74) is 4.79. The summed E-state index contributed by atoms with van der Waals surface area (Å²) in [4.78, 5) is 4.57. The molecule has 0 unspecified atom stereocenters. The van der Waals surface area contributed by atoms with Gasteiger partial charge in [-0.25, -0.2) is 0 Å². The third-order valence-electron chi connectivity index (χ3n) is 2.74. The summed E-state index contributed by atoms with van der Waals surface area (Å²) in [5, 5.41) is 1.25. The van der Waals surface area contributed by atoms with E-state index in [1.807, 2.05) is 6.07 Å². The number of pyridine rings is 1. The Morgan fingerprint density at radius 1 is 1.21 bits per heavy atom. The molecule has 1 heteroatoms. The molecule has 2 rings (SSSR count). The molecule has 0 saturated carbocycles. The molecule has 0 amide bonds. The topological polar surface area (TPSA) is 12.9 Å². The van der Waals surface area contributed by atoms with E-state index in [4.69, 9.17) is 0 Å². The van der Waals surface area contributed by atoms with E-state index in [-0.39, 0.29) is 0 Å². The smallest absolute Gasteiger partial charge is 0.0708 e. The van der Waals surface area contributed by atoms with Crippen LogP contribution in [0, 0.1) is 20.8 Å². The van der Waals surface area contributed by atoms with E-state index in [1.54, 1.807) is 0 Å². The van der Waals surface area contributed by atoms with E-state index in [2.05, 4.69) is 44.0 Å². The molecule has 0 N–H and O–H groups in total. The van der Waals surface area contributed by atoms with Crippen LogP contribution in [0.15, 0.2) is 24.3 Å². The van der Waals surface area contributed by atoms with Crippen LogP contribution in [0.5, 0.6) is 0 Å². The van der Waals surface area contributed by atoms with Gasteiger partial charge in [-0.2, -0.15) is 0 Å². The summed E-state index contributed by atoms with van der Waals surface area (Å²) >= 11 is 0. The summed E-state index contributed by atoms with van der Waals surface area (Å²) in [7, 11) is 0. The molecule has 0 atom stereocenters. The van der Waals surface area contributed by atoms with Gasteiger partial charge in [0.05, 0.1) is 5.52 Å². The van der Waals surface area contributed by atoms with E-state index in [1.165, 1.54) is 16.5 Å². The lowest BCUT2D eigenvalue weighted by atomic mass is 10.0. The fourth-order valence-corrected chi connectivity index (χ4v) is 1.94. The molecule has 14 heavy (non-hydrogen) atoms. The first-order chi connectivity index (χ1) is 6.74. The fourth-order valence-electron chi connectivity index (χ4n) is 1.94. The van der Waals surface area contributed by atoms with Crippen molar-refractivity contribution in [3.05, 3.63) is 48.0 Å². The molecule has 1 nitrogen and oxygen atoms in total. The predicted molar refractivity (Wildman–Crippen MR) is 60.3 cm³/mol. The Morgan fingerprint density at radius 3 is 2.64 bits per heavy atom. The number of nitrogens with zero attached hydrogens (tertiary/aromatic N) is 1. The minimum absolute atomic E-state index is 0.815. The van der Waals surface area contributed by atoms with Crippen molar-refractivity contribution in [2.24, 2.45) is 0 Å². The van der Waals surface area contributed by atoms with Gasteiger partial charge in [0, 0.05) is 11.1 Å². The molecule has 1 radical (unpaired) electrons. The maximum Gasteiger partial charge on any atom is 0.0708 e. The second-order valence-electron chi connectivity index (χ2n) is 3.57. The van der Waals surface area contributed by atoms with Crippen LogP contribution in [0.3, 0.4) is 0 Å². The number of hydrogen-bond acceptors (Lipinski definition) is 1. The van der Waals surface area contributed by atoms with Gasteiger partial charge in [-0.15, -0.1) is 0 Å². The number of para-hydroxylation sites is 1. The zero-order valence-corrected chi connectivity index (χ0v) is 8.67. The first-order valence-electron chi connectivity index (χ1n) is 4.88. The van der Waals surface area contributed by atoms with Crippen LogP contribution in [0.25, 0.3) is 10.9 Å². The summed E-state index contributed by atoms with van der Waals surface area (Å²) in [6, 6.07) is 8.26. The highest BCUT2D eigenvalue weighted by atomic mass is 14.7. The maximum absolute atomic E-state index is 4.57. The largest absolute Gasteiger partial charge is 0.253 e. The van der Waals surface area contributed by atoms with Gasteiger partial charge in [-0.3, -0.25) is 4.98 Å². The van der Waals surface area contributed by atoms with Crippen molar-refractivity contribution < 1.29 is 0 Å². The molecule has 0 aliphatic heterocycles. The van der Waals surface area contributed by atoms with Crippen LogP contribution in [0.2, 0.25) is 0 Å². The van der Waals surface area contributed by atoms with Gasteiger partial charge in [-0.1, -0.05) is 18.2 Å². The molecule has 0 fully saturated rings. The number of aromatic nitrogens is 1. The van der Waals surface area contributed by atoms with E-state index in [0.29, 0.717) is 0 Å². The Bertz CT molecular complexity index is 472. The van der Waals surface area contributed by atoms with Crippen molar-refractivity contribution >= 4 is 10.9 Å². The van der Waals surface area contributed by atoms with Crippen LogP contribution in [0.4, 0.5) is 0 Å². The summed E-state index contributed by atoms with van der Waals surface area (Å²) in [6.07, 6.45) is 0.815. The molecule has 0 saturated heterocycles. The third-order valence-corrected chi connectivity index (χ3v) is 2.74. The monoisotopic (exact) mass is 184 g/mol. The molecule has 71 valence electrons. The molecule has 0 aliphatic carbocycles. The van der Waals surface area contributed by atoms with Gasteiger partial charge in [0.2, 0.25) is 0 Å². The summed E-state index contributed by atoms with van der Waals surface area (Å²) in [5.74, 6) is 0. The predicted octanol–water partition coefficient (Wildman–Crippen LogP) is 3.23. The van der Waals surface area contributed by atoms with Crippen molar-refractivity contribution in [3.8, 4) is 0 Å². The van der Waals surface area contributed by atoms with Crippen molar-refractivity contribution in [2.45, 2.75) is 20.3 Å². The maximum atomic E-state index is 4.57. The van der Waals surface area contributed by atoms with Crippen molar-refractivity contribution in [1.29, 1.82) is 0 Å². The lowest BCUT2D eigenvalue weighted by Crippen LogP contribution is -1.96. The Kier molecular flexibility index (Phi) is 2.24. The molecule has 1 aromatic heterocycles. The molecular weight excluding hydrogens is 170 g/mol. The fraction of sp³-hybridized carbons (Fsp3) is 0.231. The Balaban J connectivity index is 2.86. The Labute approximate surface area is 84.8 Å².